The maximum Gasteiger partial charge on any atom is 0.205 e. The van der Waals surface area contributed by atoms with Gasteiger partial charge in [0.1, 0.15) is 10.3 Å². The van der Waals surface area contributed by atoms with E-state index in [1.807, 2.05) is 6.92 Å². The summed E-state index contributed by atoms with van der Waals surface area (Å²) in [6, 6.07) is 3.09. The first-order chi connectivity index (χ1) is 9.53. The van der Waals surface area contributed by atoms with Crippen LogP contribution in [0.1, 0.15) is 30.6 Å². The largest absolute Gasteiger partial charge is 0.404 e. The van der Waals surface area contributed by atoms with Crippen molar-refractivity contribution < 1.29 is 4.79 Å². The molecule has 0 unspecified atom stereocenters. The minimum atomic E-state index is -0.249. The van der Waals surface area contributed by atoms with Crippen molar-refractivity contribution in [1.82, 2.24) is 9.29 Å². The first-order valence-corrected chi connectivity index (χ1v) is 7.77. The van der Waals surface area contributed by atoms with Crippen LogP contribution in [0.4, 0.5) is 0 Å². The number of ketones is 1. The molecule has 4 nitrogen and oxygen atoms in total. The number of carbonyl (C=O) groups is 1. The second kappa shape index (κ2) is 8.52. The summed E-state index contributed by atoms with van der Waals surface area (Å²) < 4.78 is 2.06. The van der Waals surface area contributed by atoms with Crippen LogP contribution in [0.5, 0.6) is 0 Å². The highest BCUT2D eigenvalue weighted by molar-refractivity contribution is 8.01. The van der Waals surface area contributed by atoms with Crippen LogP contribution in [-0.4, -0.2) is 28.2 Å². The van der Waals surface area contributed by atoms with E-state index >= 15 is 0 Å². The molecular weight excluding hydrogens is 317 g/mol. The molecule has 2 N–H and O–H groups in total. The molecule has 0 aliphatic rings. The molecule has 0 fully saturated rings. The standard InChI is InChI=1S/C13H17Cl2N3OS/c1-3-7-18(4-2)20-10(8-16)12(19)9-5-6-11(14)17-13(9)15/h5-6,8H,3-4,7,16H2,1-2H3/b10-8-. The summed E-state index contributed by atoms with van der Waals surface area (Å²) in [6.07, 6.45) is 2.30. The number of pyridine rings is 1. The molecule has 20 heavy (non-hydrogen) atoms. The van der Waals surface area contributed by atoms with E-state index < -0.39 is 0 Å². The Kier molecular flexibility index (Phi) is 7.37. The number of hydrogen-bond donors (Lipinski definition) is 1. The number of Topliss-reactive ketones (excluding diaryl/α,β-unsaturated/α-hetero) is 1. The van der Waals surface area contributed by atoms with Gasteiger partial charge in [0.2, 0.25) is 5.78 Å². The Labute approximate surface area is 133 Å². The fourth-order valence-electron chi connectivity index (χ4n) is 1.52. The fraction of sp³-hybridized carbons (Fsp3) is 0.385. The molecule has 0 atom stereocenters. The molecule has 7 heteroatoms. The molecule has 0 saturated heterocycles. The number of hydrogen-bond acceptors (Lipinski definition) is 5. The van der Waals surface area contributed by atoms with Gasteiger partial charge >= 0.3 is 0 Å². The predicted octanol–water partition coefficient (Wildman–Crippen LogP) is 3.75. The van der Waals surface area contributed by atoms with Crippen LogP contribution in [0.2, 0.25) is 10.3 Å². The summed E-state index contributed by atoms with van der Waals surface area (Å²) in [5.74, 6) is -0.249. The molecule has 1 aromatic heterocycles. The number of rotatable bonds is 7. The van der Waals surface area contributed by atoms with Crippen LogP contribution < -0.4 is 5.73 Å². The lowest BCUT2D eigenvalue weighted by Gasteiger charge is -2.19. The van der Waals surface area contributed by atoms with Gasteiger partial charge in [0.15, 0.2) is 0 Å². The average Bonchev–Trinajstić information content (AvgIpc) is 2.42. The van der Waals surface area contributed by atoms with Crippen molar-refractivity contribution in [2.24, 2.45) is 5.73 Å². The molecule has 0 spiro atoms. The number of nitrogens with zero attached hydrogens (tertiary/aromatic N) is 2. The molecule has 0 amide bonds. The van der Waals surface area contributed by atoms with Gasteiger partial charge in [-0.05, 0) is 30.5 Å². The SMILES string of the molecule is CCCN(CC)S/C(=C\N)C(=O)c1ccc(Cl)nc1Cl. The molecule has 110 valence electrons. The molecule has 0 radical (unpaired) electrons. The first-order valence-electron chi connectivity index (χ1n) is 6.25. The van der Waals surface area contributed by atoms with Crippen molar-refractivity contribution in [2.75, 3.05) is 13.1 Å². The van der Waals surface area contributed by atoms with Crippen molar-refractivity contribution >= 4 is 40.9 Å². The topological polar surface area (TPSA) is 59.2 Å². The van der Waals surface area contributed by atoms with E-state index in [0.717, 1.165) is 19.5 Å². The van der Waals surface area contributed by atoms with E-state index in [2.05, 4.69) is 16.2 Å². The molecule has 0 saturated carbocycles. The third kappa shape index (κ3) is 4.66. The third-order valence-electron chi connectivity index (χ3n) is 2.49. The Hall–Kier alpha value is -0.750. The van der Waals surface area contributed by atoms with E-state index in [-0.39, 0.29) is 16.1 Å². The number of halogens is 2. The van der Waals surface area contributed by atoms with Crippen molar-refractivity contribution in [3.8, 4) is 0 Å². The van der Waals surface area contributed by atoms with Crippen LogP contribution in [0, 0.1) is 0 Å². The van der Waals surface area contributed by atoms with Gasteiger partial charge in [0.25, 0.3) is 0 Å². The fourth-order valence-corrected chi connectivity index (χ4v) is 2.88. The summed E-state index contributed by atoms with van der Waals surface area (Å²) in [6.45, 7) is 5.79. The van der Waals surface area contributed by atoms with Crippen LogP contribution >= 0.6 is 35.1 Å². The van der Waals surface area contributed by atoms with E-state index in [0.29, 0.717) is 10.5 Å². The molecule has 1 aromatic rings. The van der Waals surface area contributed by atoms with Gasteiger partial charge in [0, 0.05) is 19.3 Å². The Balaban J connectivity index is 2.92. The highest BCUT2D eigenvalue weighted by Crippen LogP contribution is 2.27. The summed E-state index contributed by atoms with van der Waals surface area (Å²) in [5, 5.41) is 0.333. The second-order valence-corrected chi connectivity index (χ2v) is 5.83. The zero-order chi connectivity index (χ0) is 15.1. The van der Waals surface area contributed by atoms with Gasteiger partial charge in [-0.1, -0.05) is 37.0 Å². The Morgan fingerprint density at radius 1 is 1.45 bits per heavy atom. The Morgan fingerprint density at radius 2 is 2.15 bits per heavy atom. The van der Waals surface area contributed by atoms with Gasteiger partial charge in [-0.15, -0.1) is 0 Å². The minimum Gasteiger partial charge on any atom is -0.404 e. The van der Waals surface area contributed by atoms with Crippen molar-refractivity contribution in [3.63, 3.8) is 0 Å². The lowest BCUT2D eigenvalue weighted by molar-refractivity contribution is 0.104. The maximum atomic E-state index is 12.4. The molecule has 1 heterocycles. The number of carbonyl (C=O) groups excluding carboxylic acids is 1. The van der Waals surface area contributed by atoms with E-state index in [1.165, 1.54) is 24.2 Å². The second-order valence-electron chi connectivity index (χ2n) is 3.95. The molecule has 0 aromatic carbocycles. The third-order valence-corrected chi connectivity index (χ3v) is 4.20. The lowest BCUT2D eigenvalue weighted by atomic mass is 10.2. The van der Waals surface area contributed by atoms with Crippen LogP contribution in [0.25, 0.3) is 0 Å². The van der Waals surface area contributed by atoms with E-state index in [9.17, 15) is 4.79 Å². The minimum absolute atomic E-state index is 0.0842. The van der Waals surface area contributed by atoms with Gasteiger partial charge < -0.3 is 5.73 Å². The normalized spacial score (nSPS) is 11.9. The molecule has 0 aliphatic carbocycles. The lowest BCUT2D eigenvalue weighted by Crippen LogP contribution is -2.18. The highest BCUT2D eigenvalue weighted by atomic mass is 35.5. The van der Waals surface area contributed by atoms with E-state index in [4.69, 9.17) is 28.9 Å². The van der Waals surface area contributed by atoms with Crippen molar-refractivity contribution in [1.29, 1.82) is 0 Å². The van der Waals surface area contributed by atoms with E-state index in [1.54, 1.807) is 6.07 Å². The zero-order valence-electron chi connectivity index (χ0n) is 11.4. The molecule has 0 aliphatic heterocycles. The summed E-state index contributed by atoms with van der Waals surface area (Å²) in [5.41, 5.74) is 5.87. The Morgan fingerprint density at radius 3 is 2.65 bits per heavy atom. The highest BCUT2D eigenvalue weighted by Gasteiger charge is 2.19. The summed E-state index contributed by atoms with van der Waals surface area (Å²) in [7, 11) is 0. The molecule has 0 bridgehead atoms. The first kappa shape index (κ1) is 17.3. The number of aromatic nitrogens is 1. The molecular formula is C13H17Cl2N3OS. The van der Waals surface area contributed by atoms with Gasteiger partial charge in [-0.3, -0.25) is 4.79 Å². The smallest absolute Gasteiger partial charge is 0.205 e. The molecule has 1 rings (SSSR count). The predicted molar refractivity (Wildman–Crippen MR) is 86.0 cm³/mol. The quantitative estimate of drug-likeness (QED) is 0.356. The van der Waals surface area contributed by atoms with Crippen LogP contribution in [-0.2, 0) is 0 Å². The average molecular weight is 334 g/mol. The summed E-state index contributed by atoms with van der Waals surface area (Å²) in [4.78, 5) is 16.7. The maximum absolute atomic E-state index is 12.4. The monoisotopic (exact) mass is 333 g/mol. The number of nitrogens with two attached hydrogens (primary N) is 1. The Bertz CT molecular complexity index is 508. The van der Waals surface area contributed by atoms with Gasteiger partial charge in [-0.2, -0.15) is 0 Å². The summed E-state index contributed by atoms with van der Waals surface area (Å²) >= 11 is 13.0. The van der Waals surface area contributed by atoms with Crippen LogP contribution in [0.3, 0.4) is 0 Å². The van der Waals surface area contributed by atoms with Gasteiger partial charge in [-0.25, -0.2) is 9.29 Å². The zero-order valence-corrected chi connectivity index (χ0v) is 13.7. The van der Waals surface area contributed by atoms with Gasteiger partial charge in [0.05, 0.1) is 10.5 Å². The van der Waals surface area contributed by atoms with Crippen LogP contribution in [0.15, 0.2) is 23.2 Å². The van der Waals surface area contributed by atoms with Crippen molar-refractivity contribution in [3.05, 3.63) is 39.1 Å². The van der Waals surface area contributed by atoms with Crippen molar-refractivity contribution in [2.45, 2.75) is 20.3 Å². The number of allylic oxidation sites excluding steroid dienone is 1.